The van der Waals surface area contributed by atoms with E-state index in [2.05, 4.69) is 15.5 Å². The zero-order chi connectivity index (χ0) is 11.4. The van der Waals surface area contributed by atoms with Gasteiger partial charge in [-0.05, 0) is 19.2 Å². The standard InChI is InChI=1S/C11H17N3O2/c1-12-7-10-11(15)13-4-5-14(10)8-9-3-2-6-16-9/h2-3,6,10,12H,4-5,7-8H2,1H3,(H,13,15). The fourth-order valence-electron chi connectivity index (χ4n) is 1.97. The molecule has 1 aromatic heterocycles. The molecule has 2 N–H and O–H groups in total. The molecule has 1 unspecified atom stereocenters. The van der Waals surface area contributed by atoms with E-state index in [9.17, 15) is 4.79 Å². The van der Waals surface area contributed by atoms with E-state index in [1.54, 1.807) is 6.26 Å². The fourth-order valence-corrected chi connectivity index (χ4v) is 1.97. The molecule has 1 saturated heterocycles. The molecule has 0 aromatic carbocycles. The van der Waals surface area contributed by atoms with E-state index in [1.165, 1.54) is 0 Å². The molecule has 0 saturated carbocycles. The van der Waals surface area contributed by atoms with Crippen LogP contribution in [-0.2, 0) is 11.3 Å². The second-order valence-corrected chi connectivity index (χ2v) is 3.91. The van der Waals surface area contributed by atoms with E-state index < -0.39 is 0 Å². The van der Waals surface area contributed by atoms with Crippen LogP contribution in [0.2, 0.25) is 0 Å². The van der Waals surface area contributed by atoms with Gasteiger partial charge in [0.25, 0.3) is 0 Å². The Kier molecular flexibility index (Phi) is 3.58. The predicted molar refractivity (Wildman–Crippen MR) is 59.8 cm³/mol. The van der Waals surface area contributed by atoms with E-state index in [4.69, 9.17) is 4.42 Å². The number of hydrogen-bond acceptors (Lipinski definition) is 4. The van der Waals surface area contributed by atoms with Crippen molar-refractivity contribution < 1.29 is 9.21 Å². The largest absolute Gasteiger partial charge is 0.468 e. The summed E-state index contributed by atoms with van der Waals surface area (Å²) < 4.78 is 5.30. The fraction of sp³-hybridized carbons (Fsp3) is 0.545. The molecule has 0 radical (unpaired) electrons. The Morgan fingerprint density at radius 1 is 1.69 bits per heavy atom. The summed E-state index contributed by atoms with van der Waals surface area (Å²) in [6, 6.07) is 3.69. The maximum absolute atomic E-state index is 11.7. The molecule has 5 heteroatoms. The van der Waals surface area contributed by atoms with Crippen LogP contribution in [0.25, 0.3) is 0 Å². The van der Waals surface area contributed by atoms with Crippen LogP contribution in [0.5, 0.6) is 0 Å². The van der Waals surface area contributed by atoms with E-state index in [0.29, 0.717) is 19.6 Å². The lowest BCUT2D eigenvalue weighted by molar-refractivity contribution is -0.129. The van der Waals surface area contributed by atoms with Crippen molar-refractivity contribution in [3.05, 3.63) is 24.2 Å². The molecule has 1 aliphatic heterocycles. The summed E-state index contributed by atoms with van der Waals surface area (Å²) in [4.78, 5) is 13.8. The first-order chi connectivity index (χ1) is 7.81. The third-order valence-electron chi connectivity index (χ3n) is 2.78. The Morgan fingerprint density at radius 3 is 3.25 bits per heavy atom. The number of rotatable bonds is 4. The van der Waals surface area contributed by atoms with Crippen LogP contribution in [0.15, 0.2) is 22.8 Å². The van der Waals surface area contributed by atoms with Gasteiger partial charge in [0.2, 0.25) is 5.91 Å². The van der Waals surface area contributed by atoms with Crippen LogP contribution in [0.3, 0.4) is 0 Å². The number of carbonyl (C=O) groups is 1. The lowest BCUT2D eigenvalue weighted by Gasteiger charge is -2.34. The summed E-state index contributed by atoms with van der Waals surface area (Å²) in [7, 11) is 1.85. The Morgan fingerprint density at radius 2 is 2.56 bits per heavy atom. The Balaban J connectivity index is 2.02. The first kappa shape index (κ1) is 11.2. The summed E-state index contributed by atoms with van der Waals surface area (Å²) in [5, 5.41) is 5.92. The average Bonchev–Trinajstić information content (AvgIpc) is 2.76. The lowest BCUT2D eigenvalue weighted by Crippen LogP contribution is -2.57. The number of amides is 1. The van der Waals surface area contributed by atoms with Crippen molar-refractivity contribution in [1.82, 2.24) is 15.5 Å². The number of carbonyl (C=O) groups excluding carboxylic acids is 1. The van der Waals surface area contributed by atoms with Crippen LogP contribution in [0, 0.1) is 0 Å². The number of piperazine rings is 1. The monoisotopic (exact) mass is 223 g/mol. The summed E-state index contributed by atoms with van der Waals surface area (Å²) in [6.45, 7) is 2.91. The first-order valence-electron chi connectivity index (χ1n) is 5.50. The van der Waals surface area contributed by atoms with Crippen LogP contribution in [0.4, 0.5) is 0 Å². The topological polar surface area (TPSA) is 57.5 Å². The van der Waals surface area contributed by atoms with Crippen LogP contribution in [-0.4, -0.2) is 43.5 Å². The van der Waals surface area contributed by atoms with Gasteiger partial charge in [0.05, 0.1) is 12.8 Å². The van der Waals surface area contributed by atoms with E-state index >= 15 is 0 Å². The second-order valence-electron chi connectivity index (χ2n) is 3.91. The van der Waals surface area contributed by atoms with Gasteiger partial charge in [0, 0.05) is 19.6 Å². The third-order valence-corrected chi connectivity index (χ3v) is 2.78. The zero-order valence-electron chi connectivity index (χ0n) is 9.40. The second kappa shape index (κ2) is 5.14. The highest BCUT2D eigenvalue weighted by atomic mass is 16.3. The smallest absolute Gasteiger partial charge is 0.238 e. The summed E-state index contributed by atoms with van der Waals surface area (Å²) in [6.07, 6.45) is 1.66. The van der Waals surface area contributed by atoms with E-state index in [-0.39, 0.29) is 11.9 Å². The minimum absolute atomic E-state index is 0.0900. The normalized spacial score (nSPS) is 22.1. The molecule has 0 aliphatic carbocycles. The van der Waals surface area contributed by atoms with Gasteiger partial charge < -0.3 is 15.1 Å². The minimum atomic E-state index is -0.108. The maximum Gasteiger partial charge on any atom is 0.238 e. The van der Waals surface area contributed by atoms with E-state index in [0.717, 1.165) is 12.3 Å². The van der Waals surface area contributed by atoms with Gasteiger partial charge in [0.1, 0.15) is 11.8 Å². The molecule has 1 atom stereocenters. The highest BCUT2D eigenvalue weighted by Gasteiger charge is 2.29. The molecule has 2 heterocycles. The van der Waals surface area contributed by atoms with Crippen molar-refractivity contribution in [3.8, 4) is 0 Å². The van der Waals surface area contributed by atoms with Gasteiger partial charge in [-0.1, -0.05) is 0 Å². The molecule has 16 heavy (non-hydrogen) atoms. The van der Waals surface area contributed by atoms with Gasteiger partial charge in [0.15, 0.2) is 0 Å². The third kappa shape index (κ3) is 2.43. The Hall–Kier alpha value is -1.33. The number of furan rings is 1. The van der Waals surface area contributed by atoms with Gasteiger partial charge in [-0.15, -0.1) is 0 Å². The summed E-state index contributed by atoms with van der Waals surface area (Å²) >= 11 is 0. The van der Waals surface area contributed by atoms with Crippen molar-refractivity contribution in [1.29, 1.82) is 0 Å². The molecule has 0 spiro atoms. The molecular weight excluding hydrogens is 206 g/mol. The molecule has 0 bridgehead atoms. The SMILES string of the molecule is CNCC1C(=O)NCCN1Cc1ccco1. The van der Waals surface area contributed by atoms with Crippen molar-refractivity contribution in [2.75, 3.05) is 26.7 Å². The molecular formula is C11H17N3O2. The molecule has 1 fully saturated rings. The predicted octanol–water partition coefficient (Wildman–Crippen LogP) is -0.201. The number of hydrogen-bond donors (Lipinski definition) is 2. The quantitative estimate of drug-likeness (QED) is 0.742. The maximum atomic E-state index is 11.7. The van der Waals surface area contributed by atoms with E-state index in [1.807, 2.05) is 19.2 Å². The molecule has 2 rings (SSSR count). The summed E-state index contributed by atoms with van der Waals surface area (Å²) in [5.74, 6) is 0.989. The van der Waals surface area contributed by atoms with Crippen molar-refractivity contribution in [2.24, 2.45) is 0 Å². The van der Waals surface area contributed by atoms with Crippen molar-refractivity contribution >= 4 is 5.91 Å². The molecule has 5 nitrogen and oxygen atoms in total. The highest BCUT2D eigenvalue weighted by Crippen LogP contribution is 2.11. The number of nitrogens with one attached hydrogen (secondary N) is 2. The van der Waals surface area contributed by atoms with Gasteiger partial charge >= 0.3 is 0 Å². The van der Waals surface area contributed by atoms with Crippen molar-refractivity contribution in [3.63, 3.8) is 0 Å². The van der Waals surface area contributed by atoms with Crippen molar-refractivity contribution in [2.45, 2.75) is 12.6 Å². The molecule has 1 amide bonds. The van der Waals surface area contributed by atoms with Crippen LogP contribution < -0.4 is 10.6 Å². The average molecular weight is 223 g/mol. The van der Waals surface area contributed by atoms with Gasteiger partial charge in [-0.25, -0.2) is 0 Å². The Bertz CT molecular complexity index is 337. The first-order valence-corrected chi connectivity index (χ1v) is 5.50. The molecule has 1 aromatic rings. The zero-order valence-corrected chi connectivity index (χ0v) is 9.40. The van der Waals surface area contributed by atoms with Crippen LogP contribution >= 0.6 is 0 Å². The minimum Gasteiger partial charge on any atom is -0.468 e. The van der Waals surface area contributed by atoms with Gasteiger partial charge in [-0.2, -0.15) is 0 Å². The number of nitrogens with zero attached hydrogens (tertiary/aromatic N) is 1. The Labute approximate surface area is 94.8 Å². The highest BCUT2D eigenvalue weighted by molar-refractivity contribution is 5.82. The summed E-state index contributed by atoms with van der Waals surface area (Å²) in [5.41, 5.74) is 0. The lowest BCUT2D eigenvalue weighted by atomic mass is 10.1. The number of likely N-dealkylation sites (N-methyl/N-ethyl adjacent to an activating group) is 1. The molecule has 88 valence electrons. The molecule has 1 aliphatic rings. The van der Waals surface area contributed by atoms with Gasteiger partial charge in [-0.3, -0.25) is 9.69 Å². The van der Waals surface area contributed by atoms with Crippen LogP contribution in [0.1, 0.15) is 5.76 Å².